The molecule has 0 spiro atoms. The highest BCUT2D eigenvalue weighted by atomic mass is 32.3. The van der Waals surface area contributed by atoms with Crippen molar-refractivity contribution < 1.29 is 0 Å². The van der Waals surface area contributed by atoms with Crippen LogP contribution in [0, 0.1) is 6.92 Å². The van der Waals surface area contributed by atoms with Gasteiger partial charge in [-0.2, -0.15) is 0 Å². The van der Waals surface area contributed by atoms with Gasteiger partial charge in [-0.3, -0.25) is 0 Å². The first kappa shape index (κ1) is 17.9. The number of rotatable bonds is 3. The van der Waals surface area contributed by atoms with Crippen molar-refractivity contribution in [2.24, 2.45) is 0 Å². The zero-order valence-corrected chi connectivity index (χ0v) is 19.0. The summed E-state index contributed by atoms with van der Waals surface area (Å²) in [6, 6.07) is 11.3. The third kappa shape index (κ3) is 3.50. The van der Waals surface area contributed by atoms with E-state index in [0.29, 0.717) is 0 Å². The first-order valence-corrected chi connectivity index (χ1v) is 13.7. The van der Waals surface area contributed by atoms with Gasteiger partial charge in [0.05, 0.1) is 16.9 Å². The molecule has 0 fully saturated rings. The topological polar surface area (TPSA) is 0 Å². The lowest BCUT2D eigenvalue weighted by Crippen LogP contribution is -1.74. The number of hydrogen-bond donors (Lipinski definition) is 0. The van der Waals surface area contributed by atoms with Crippen molar-refractivity contribution >= 4 is 81.9 Å². The number of fused-ring (bicyclic) bond motifs is 1. The van der Waals surface area contributed by atoms with Crippen LogP contribution in [-0.2, 0) is 0 Å². The Morgan fingerprint density at radius 3 is 2.04 bits per heavy atom. The summed E-state index contributed by atoms with van der Waals surface area (Å²) < 4.78 is 5.78. The fraction of sp³-hybridized carbons (Fsp3) is 0.176. The quantitative estimate of drug-likeness (QED) is 0.465. The van der Waals surface area contributed by atoms with Gasteiger partial charge in [0.2, 0.25) is 0 Å². The third-order valence-corrected chi connectivity index (χ3v) is 12.8. The molecule has 0 nitrogen and oxygen atoms in total. The third-order valence-electron chi connectivity index (χ3n) is 3.45. The van der Waals surface area contributed by atoms with Crippen LogP contribution in [-0.4, -0.2) is 12.5 Å². The standard InChI is InChI=1S/C17H14S7/c1-9-4-6-11(20-9)10-5-7-12-13(8-10)22-16(21-12)17-23-14(18-2)15(19-3)24-17/h4-8H,1-3H3. The molecule has 124 valence electrons. The second-order valence-electron chi connectivity index (χ2n) is 5.04. The molecule has 24 heavy (non-hydrogen) atoms. The smallest absolute Gasteiger partial charge is 0.0717 e. The highest BCUT2D eigenvalue weighted by molar-refractivity contribution is 8.41. The highest BCUT2D eigenvalue weighted by Gasteiger charge is 2.28. The molecule has 0 unspecified atom stereocenters. The number of thiophene rings is 1. The molecule has 7 heteroatoms. The van der Waals surface area contributed by atoms with E-state index in [2.05, 4.69) is 49.8 Å². The predicted octanol–water partition coefficient (Wildman–Crippen LogP) is 8.38. The molecule has 1 aromatic heterocycles. The van der Waals surface area contributed by atoms with Gasteiger partial charge in [0.1, 0.15) is 0 Å². The maximum absolute atomic E-state index is 2.36. The summed E-state index contributed by atoms with van der Waals surface area (Å²) in [6.45, 7) is 2.17. The molecular formula is C17H14S7. The van der Waals surface area contributed by atoms with Gasteiger partial charge < -0.3 is 0 Å². The van der Waals surface area contributed by atoms with E-state index in [0.717, 1.165) is 0 Å². The van der Waals surface area contributed by atoms with Gasteiger partial charge in [-0.25, -0.2) is 0 Å². The van der Waals surface area contributed by atoms with Crippen LogP contribution in [0.1, 0.15) is 4.88 Å². The van der Waals surface area contributed by atoms with Crippen LogP contribution in [0.15, 0.2) is 57.1 Å². The predicted molar refractivity (Wildman–Crippen MR) is 122 cm³/mol. The monoisotopic (exact) mass is 442 g/mol. The van der Waals surface area contributed by atoms with Crippen molar-refractivity contribution in [2.75, 3.05) is 12.5 Å². The molecule has 0 bridgehead atoms. The second kappa shape index (κ2) is 7.62. The van der Waals surface area contributed by atoms with E-state index < -0.39 is 0 Å². The molecule has 0 amide bonds. The maximum atomic E-state index is 2.36. The Kier molecular flexibility index (Phi) is 5.68. The van der Waals surface area contributed by atoms with Crippen molar-refractivity contribution in [3.63, 3.8) is 0 Å². The summed E-state index contributed by atoms with van der Waals surface area (Å²) >= 11 is 13.3. The summed E-state index contributed by atoms with van der Waals surface area (Å²) in [6.07, 6.45) is 4.34. The zero-order valence-electron chi connectivity index (χ0n) is 13.2. The molecule has 2 aliphatic rings. The van der Waals surface area contributed by atoms with E-state index >= 15 is 0 Å². The molecule has 0 aliphatic carbocycles. The Labute approximate surface area is 172 Å². The minimum absolute atomic E-state index is 1.34. The summed E-state index contributed by atoms with van der Waals surface area (Å²) in [7, 11) is 0. The number of benzene rings is 1. The van der Waals surface area contributed by atoms with Crippen molar-refractivity contribution in [2.45, 2.75) is 16.7 Å². The van der Waals surface area contributed by atoms with Crippen LogP contribution in [0.25, 0.3) is 10.4 Å². The van der Waals surface area contributed by atoms with E-state index in [9.17, 15) is 0 Å². The lowest BCUT2D eigenvalue weighted by molar-refractivity contribution is 1.27. The summed E-state index contributed by atoms with van der Waals surface area (Å²) in [5, 5.41) is 0. The van der Waals surface area contributed by atoms with Gasteiger partial charge in [-0.15, -0.1) is 34.9 Å². The Morgan fingerprint density at radius 1 is 0.750 bits per heavy atom. The highest BCUT2D eigenvalue weighted by Crippen LogP contribution is 2.63. The minimum Gasteiger partial charge on any atom is -0.141 e. The van der Waals surface area contributed by atoms with E-state index in [1.165, 1.54) is 42.1 Å². The number of aryl methyl sites for hydroxylation is 1. The normalized spacial score (nSPS) is 17.1. The van der Waals surface area contributed by atoms with Gasteiger partial charge in [0.25, 0.3) is 0 Å². The first-order chi connectivity index (χ1) is 11.7. The molecule has 2 aliphatic heterocycles. The molecule has 0 saturated carbocycles. The van der Waals surface area contributed by atoms with Crippen LogP contribution in [0.2, 0.25) is 0 Å². The average molecular weight is 443 g/mol. The minimum atomic E-state index is 1.34. The van der Waals surface area contributed by atoms with E-state index in [-0.39, 0.29) is 0 Å². The Hall–Kier alpha value is 0.500. The fourth-order valence-electron chi connectivity index (χ4n) is 2.32. The molecule has 3 heterocycles. The molecule has 1 aromatic carbocycles. The molecule has 0 N–H and O–H groups in total. The molecule has 0 radical (unpaired) electrons. The van der Waals surface area contributed by atoms with Gasteiger partial charge in [-0.05, 0) is 49.3 Å². The van der Waals surface area contributed by atoms with Crippen molar-refractivity contribution in [1.82, 2.24) is 0 Å². The largest absolute Gasteiger partial charge is 0.141 e. The van der Waals surface area contributed by atoms with Crippen LogP contribution in [0.5, 0.6) is 0 Å². The van der Waals surface area contributed by atoms with Gasteiger partial charge in [-0.1, -0.05) is 53.1 Å². The average Bonchev–Trinajstić information content (AvgIpc) is 3.30. The first-order valence-electron chi connectivity index (χ1n) is 7.16. The van der Waals surface area contributed by atoms with Crippen molar-refractivity contribution in [3.05, 3.63) is 52.2 Å². The Morgan fingerprint density at radius 2 is 1.42 bits per heavy atom. The summed E-state index contributed by atoms with van der Waals surface area (Å²) in [4.78, 5) is 5.52. The van der Waals surface area contributed by atoms with Gasteiger partial charge in [0, 0.05) is 19.5 Å². The van der Waals surface area contributed by atoms with Crippen LogP contribution < -0.4 is 0 Å². The van der Waals surface area contributed by atoms with Crippen molar-refractivity contribution in [1.29, 1.82) is 0 Å². The lowest BCUT2D eigenvalue weighted by atomic mass is 10.2. The second-order valence-corrected chi connectivity index (χ2v) is 13.1. The van der Waals surface area contributed by atoms with Gasteiger partial charge >= 0.3 is 0 Å². The summed E-state index contributed by atoms with van der Waals surface area (Å²) in [5.41, 5.74) is 1.34. The van der Waals surface area contributed by atoms with Crippen molar-refractivity contribution in [3.8, 4) is 10.4 Å². The maximum Gasteiger partial charge on any atom is 0.0717 e. The lowest BCUT2D eigenvalue weighted by Gasteiger charge is -2.00. The fourth-order valence-corrected chi connectivity index (χ4v) is 11.0. The Balaban J connectivity index is 1.60. The van der Waals surface area contributed by atoms with E-state index in [4.69, 9.17) is 0 Å². The number of hydrogen-bond acceptors (Lipinski definition) is 7. The summed E-state index contributed by atoms with van der Waals surface area (Å²) in [5.74, 6) is 0. The van der Waals surface area contributed by atoms with E-state index in [1.807, 2.05) is 81.9 Å². The van der Waals surface area contributed by atoms with E-state index in [1.54, 1.807) is 0 Å². The Bertz CT molecular complexity index is 842. The van der Waals surface area contributed by atoms with Crippen LogP contribution >= 0.6 is 81.9 Å². The SMILES string of the molecule is CSC1=C(SC)SC(=C2Sc3ccc(-c4ccc(C)s4)cc3S2)S1. The molecule has 0 saturated heterocycles. The van der Waals surface area contributed by atoms with Gasteiger partial charge in [0.15, 0.2) is 0 Å². The zero-order chi connectivity index (χ0) is 16.7. The molecule has 0 atom stereocenters. The molecule has 2 aromatic rings. The molecular weight excluding hydrogens is 429 g/mol. The van der Waals surface area contributed by atoms with Crippen LogP contribution in [0.3, 0.4) is 0 Å². The number of thioether (sulfide) groups is 6. The molecule has 4 rings (SSSR count). The van der Waals surface area contributed by atoms with Crippen LogP contribution in [0.4, 0.5) is 0 Å².